The van der Waals surface area contributed by atoms with Crippen LogP contribution in [0.2, 0.25) is 0 Å². The number of rotatable bonds is 6. The van der Waals surface area contributed by atoms with E-state index >= 15 is 0 Å². The molecule has 0 bridgehead atoms. The van der Waals surface area contributed by atoms with Gasteiger partial charge < -0.3 is 15.1 Å². The van der Waals surface area contributed by atoms with E-state index in [1.165, 1.54) is 35.9 Å². The van der Waals surface area contributed by atoms with E-state index in [1.54, 1.807) is 0 Å². The third kappa shape index (κ3) is 5.31. The van der Waals surface area contributed by atoms with Crippen LogP contribution in [-0.2, 0) is 4.79 Å². The number of thioether (sulfide) groups is 1. The van der Waals surface area contributed by atoms with Gasteiger partial charge in [0.15, 0.2) is 4.34 Å². The van der Waals surface area contributed by atoms with Gasteiger partial charge in [0, 0.05) is 37.8 Å². The first-order valence-corrected chi connectivity index (χ1v) is 12.3. The van der Waals surface area contributed by atoms with E-state index in [0.29, 0.717) is 24.9 Å². The van der Waals surface area contributed by atoms with Crippen LogP contribution in [0, 0.1) is 6.92 Å². The van der Waals surface area contributed by atoms with Crippen molar-refractivity contribution in [1.29, 1.82) is 0 Å². The van der Waals surface area contributed by atoms with E-state index in [1.807, 2.05) is 36.1 Å². The number of benzene rings is 1. The lowest BCUT2D eigenvalue weighted by molar-refractivity contribution is -0.119. The van der Waals surface area contributed by atoms with Crippen LogP contribution in [0.4, 0.5) is 5.13 Å². The second kappa shape index (κ2) is 9.78. The number of aryl methyl sites for hydroxylation is 1. The number of hydrogen-bond acceptors (Lipinski definition) is 7. The first-order chi connectivity index (χ1) is 14.6. The molecule has 2 aliphatic rings. The Morgan fingerprint density at radius 2 is 1.80 bits per heavy atom. The summed E-state index contributed by atoms with van der Waals surface area (Å²) in [6, 6.07) is 8.07. The summed E-state index contributed by atoms with van der Waals surface area (Å²) in [5.41, 5.74) is 1.89. The van der Waals surface area contributed by atoms with E-state index in [0.717, 1.165) is 46.5 Å². The van der Waals surface area contributed by atoms with Crippen LogP contribution < -0.4 is 10.2 Å². The quantitative estimate of drug-likeness (QED) is 0.689. The molecule has 2 aromatic rings. The average molecular weight is 446 g/mol. The van der Waals surface area contributed by atoms with Gasteiger partial charge in [0.1, 0.15) is 0 Å². The Labute approximate surface area is 185 Å². The molecular formula is C21H27N5O2S2. The van der Waals surface area contributed by atoms with Gasteiger partial charge in [0.2, 0.25) is 11.0 Å². The summed E-state index contributed by atoms with van der Waals surface area (Å²) >= 11 is 2.96. The smallest absolute Gasteiger partial charge is 0.253 e. The van der Waals surface area contributed by atoms with E-state index in [2.05, 4.69) is 20.4 Å². The standard InChI is InChI=1S/C21H27N5O2S2/c1-15-6-8-16(9-7-15)19(28)25-10-12-26(13-11-25)20-23-24-21(30-20)29-14-18(27)22-17-4-2-3-5-17/h6-9,17H,2-5,10-14H2,1H3,(H,22,27). The van der Waals surface area contributed by atoms with Crippen LogP contribution in [0.5, 0.6) is 0 Å². The van der Waals surface area contributed by atoms with Crippen LogP contribution in [0.1, 0.15) is 41.6 Å². The van der Waals surface area contributed by atoms with Crippen LogP contribution >= 0.6 is 23.1 Å². The lowest BCUT2D eigenvalue weighted by Crippen LogP contribution is -2.48. The Hall–Kier alpha value is -2.13. The minimum atomic E-state index is 0.0758. The van der Waals surface area contributed by atoms with Gasteiger partial charge in [0.05, 0.1) is 5.75 Å². The fraction of sp³-hybridized carbons (Fsp3) is 0.524. The zero-order chi connectivity index (χ0) is 20.9. The molecule has 2 heterocycles. The Balaban J connectivity index is 1.24. The number of aromatic nitrogens is 2. The zero-order valence-electron chi connectivity index (χ0n) is 17.2. The van der Waals surface area contributed by atoms with Gasteiger partial charge in [0.25, 0.3) is 5.91 Å². The molecule has 30 heavy (non-hydrogen) atoms. The number of piperazine rings is 1. The van der Waals surface area contributed by atoms with E-state index in [9.17, 15) is 9.59 Å². The van der Waals surface area contributed by atoms with Crippen LogP contribution in [0.3, 0.4) is 0 Å². The second-order valence-electron chi connectivity index (χ2n) is 7.83. The molecule has 1 N–H and O–H groups in total. The van der Waals surface area contributed by atoms with Crippen molar-refractivity contribution in [2.45, 2.75) is 43.0 Å². The predicted molar refractivity (Wildman–Crippen MR) is 120 cm³/mol. The van der Waals surface area contributed by atoms with Crippen molar-refractivity contribution in [2.75, 3.05) is 36.8 Å². The first-order valence-electron chi connectivity index (χ1n) is 10.4. The summed E-state index contributed by atoms with van der Waals surface area (Å²) in [7, 11) is 0. The Bertz CT molecular complexity index is 872. The maximum absolute atomic E-state index is 12.7. The molecule has 4 rings (SSSR count). The summed E-state index contributed by atoms with van der Waals surface area (Å²) in [4.78, 5) is 28.8. The second-order valence-corrected chi connectivity index (χ2v) is 10.0. The molecule has 1 aromatic carbocycles. The summed E-state index contributed by atoms with van der Waals surface area (Å²) in [6.07, 6.45) is 4.61. The largest absolute Gasteiger partial charge is 0.353 e. The van der Waals surface area contributed by atoms with Crippen molar-refractivity contribution in [3.63, 3.8) is 0 Å². The fourth-order valence-electron chi connectivity index (χ4n) is 3.83. The monoisotopic (exact) mass is 445 g/mol. The highest BCUT2D eigenvalue weighted by Gasteiger charge is 2.24. The number of carbonyl (C=O) groups is 2. The van der Waals surface area contributed by atoms with Crippen LogP contribution in [0.25, 0.3) is 0 Å². The van der Waals surface area contributed by atoms with Gasteiger partial charge >= 0.3 is 0 Å². The Morgan fingerprint density at radius 3 is 2.50 bits per heavy atom. The van der Waals surface area contributed by atoms with Crippen LogP contribution in [-0.4, -0.2) is 64.9 Å². The molecule has 1 aliphatic heterocycles. The topological polar surface area (TPSA) is 78.4 Å². The summed E-state index contributed by atoms with van der Waals surface area (Å²) in [5, 5.41) is 12.5. The van der Waals surface area contributed by atoms with E-state index in [-0.39, 0.29) is 11.8 Å². The van der Waals surface area contributed by atoms with Gasteiger partial charge in [-0.25, -0.2) is 0 Å². The number of amides is 2. The first kappa shape index (κ1) is 21.1. The summed E-state index contributed by atoms with van der Waals surface area (Å²) in [5.74, 6) is 0.535. The Morgan fingerprint density at radius 1 is 1.10 bits per heavy atom. The lowest BCUT2D eigenvalue weighted by atomic mass is 10.1. The summed E-state index contributed by atoms with van der Waals surface area (Å²) < 4.78 is 0.810. The number of nitrogens with one attached hydrogen (secondary N) is 1. The molecule has 9 heteroatoms. The van der Waals surface area contributed by atoms with Crippen molar-refractivity contribution in [3.8, 4) is 0 Å². The third-order valence-corrected chi connectivity index (χ3v) is 7.70. The molecule has 0 spiro atoms. The van der Waals surface area contributed by atoms with Gasteiger partial charge in [-0.2, -0.15) is 0 Å². The molecule has 0 unspecified atom stereocenters. The molecule has 2 amide bonds. The highest BCUT2D eigenvalue weighted by Crippen LogP contribution is 2.29. The van der Waals surface area contributed by atoms with Gasteiger partial charge in [-0.05, 0) is 31.9 Å². The van der Waals surface area contributed by atoms with Gasteiger partial charge in [-0.3, -0.25) is 9.59 Å². The third-order valence-electron chi connectivity index (χ3n) is 5.58. The number of anilines is 1. The van der Waals surface area contributed by atoms with Crippen molar-refractivity contribution < 1.29 is 9.59 Å². The lowest BCUT2D eigenvalue weighted by Gasteiger charge is -2.34. The number of carbonyl (C=O) groups excluding carboxylic acids is 2. The SMILES string of the molecule is Cc1ccc(C(=O)N2CCN(c3nnc(SCC(=O)NC4CCCC4)s3)CC2)cc1. The minimum absolute atomic E-state index is 0.0758. The zero-order valence-corrected chi connectivity index (χ0v) is 18.8. The van der Waals surface area contributed by atoms with Crippen molar-refractivity contribution >= 4 is 40.0 Å². The molecule has 0 radical (unpaired) electrons. The van der Waals surface area contributed by atoms with Crippen molar-refractivity contribution in [1.82, 2.24) is 20.4 Å². The van der Waals surface area contributed by atoms with Crippen molar-refractivity contribution in [3.05, 3.63) is 35.4 Å². The average Bonchev–Trinajstić information content (AvgIpc) is 3.45. The Kier molecular flexibility index (Phi) is 6.89. The predicted octanol–water partition coefficient (Wildman–Crippen LogP) is 2.96. The molecule has 1 aliphatic carbocycles. The van der Waals surface area contributed by atoms with Crippen LogP contribution in [0.15, 0.2) is 28.6 Å². The molecule has 160 valence electrons. The molecule has 1 saturated carbocycles. The minimum Gasteiger partial charge on any atom is -0.353 e. The molecule has 0 atom stereocenters. The van der Waals surface area contributed by atoms with Crippen molar-refractivity contribution in [2.24, 2.45) is 0 Å². The van der Waals surface area contributed by atoms with E-state index in [4.69, 9.17) is 0 Å². The maximum Gasteiger partial charge on any atom is 0.253 e. The molecule has 1 saturated heterocycles. The van der Waals surface area contributed by atoms with Gasteiger partial charge in [-0.15, -0.1) is 10.2 Å². The van der Waals surface area contributed by atoms with E-state index < -0.39 is 0 Å². The maximum atomic E-state index is 12.7. The summed E-state index contributed by atoms with van der Waals surface area (Å²) in [6.45, 7) is 4.82. The molecule has 7 nitrogen and oxygen atoms in total. The highest BCUT2D eigenvalue weighted by atomic mass is 32.2. The number of hydrogen-bond donors (Lipinski definition) is 1. The number of nitrogens with zero attached hydrogens (tertiary/aromatic N) is 4. The molecular weight excluding hydrogens is 418 g/mol. The molecule has 1 aromatic heterocycles. The highest BCUT2D eigenvalue weighted by molar-refractivity contribution is 8.01. The van der Waals surface area contributed by atoms with Gasteiger partial charge in [-0.1, -0.05) is 53.6 Å². The fourth-order valence-corrected chi connectivity index (χ4v) is 5.54. The molecule has 2 fully saturated rings. The normalized spacial score (nSPS) is 17.4.